The molecular weight excluding hydrogens is 284 g/mol. The highest BCUT2D eigenvalue weighted by molar-refractivity contribution is 5.89. The van der Waals surface area contributed by atoms with Crippen molar-refractivity contribution < 1.29 is 14.4 Å². The highest BCUT2D eigenvalue weighted by Crippen LogP contribution is 2.21. The van der Waals surface area contributed by atoms with Crippen LogP contribution in [0.5, 0.6) is 0 Å². The van der Waals surface area contributed by atoms with E-state index >= 15 is 0 Å². The molecule has 0 aromatic rings. The lowest BCUT2D eigenvalue weighted by atomic mass is 9.98. The molecule has 2 N–H and O–H groups in total. The van der Waals surface area contributed by atoms with Gasteiger partial charge in [0.2, 0.25) is 0 Å². The van der Waals surface area contributed by atoms with E-state index < -0.39 is 11.7 Å². The summed E-state index contributed by atoms with van der Waals surface area (Å²) in [7, 11) is 0. The van der Waals surface area contributed by atoms with E-state index in [-0.39, 0.29) is 17.5 Å². The van der Waals surface area contributed by atoms with Crippen LogP contribution in [0.25, 0.3) is 0 Å². The zero-order valence-corrected chi connectivity index (χ0v) is 14.3. The molecular formula is C15H28N4O3. The van der Waals surface area contributed by atoms with Crippen LogP contribution in [0.2, 0.25) is 0 Å². The number of ether oxygens (including phenoxy) is 1. The molecule has 1 aliphatic rings. The average Bonchev–Trinajstić information content (AvgIpc) is 2.43. The van der Waals surface area contributed by atoms with Gasteiger partial charge in [0, 0.05) is 0 Å². The Morgan fingerprint density at radius 1 is 1.05 bits per heavy atom. The molecule has 0 spiro atoms. The molecule has 7 heteroatoms. The second-order valence-corrected chi connectivity index (χ2v) is 7.13. The van der Waals surface area contributed by atoms with Crippen molar-refractivity contribution in [2.45, 2.75) is 83.9 Å². The standard InChI is InChI=1S/C15H28N4O3/c1-14(2,3)18-19-15(4,5)12(16)17-22-13(20)21-11-9-7-6-8-10-11/h11H,6-10H2,1-5H3,(H2,16,17). The quantitative estimate of drug-likeness (QED) is 0.213. The third-order valence-electron chi connectivity index (χ3n) is 3.26. The largest absolute Gasteiger partial charge is 0.535 e. The summed E-state index contributed by atoms with van der Waals surface area (Å²) >= 11 is 0. The fraction of sp³-hybridized carbons (Fsp3) is 0.867. The number of carbonyl (C=O) groups excluding carboxylic acids is 1. The van der Waals surface area contributed by atoms with Gasteiger partial charge < -0.3 is 10.5 Å². The minimum absolute atomic E-state index is 0.0705. The number of hydrogen-bond acceptors (Lipinski definition) is 6. The number of hydrogen-bond donors (Lipinski definition) is 1. The number of nitrogens with zero attached hydrogens (tertiary/aromatic N) is 3. The Morgan fingerprint density at radius 3 is 2.18 bits per heavy atom. The Bertz CT molecular complexity index is 433. The molecule has 0 radical (unpaired) electrons. The molecule has 0 amide bonds. The average molecular weight is 312 g/mol. The van der Waals surface area contributed by atoms with Crippen LogP contribution >= 0.6 is 0 Å². The van der Waals surface area contributed by atoms with Gasteiger partial charge in [-0.25, -0.2) is 4.79 Å². The van der Waals surface area contributed by atoms with Crippen molar-refractivity contribution in [1.82, 2.24) is 0 Å². The van der Waals surface area contributed by atoms with E-state index in [0.29, 0.717) is 0 Å². The van der Waals surface area contributed by atoms with Gasteiger partial charge in [0.1, 0.15) is 11.6 Å². The van der Waals surface area contributed by atoms with E-state index in [1.807, 2.05) is 20.8 Å². The van der Waals surface area contributed by atoms with E-state index in [4.69, 9.17) is 15.3 Å². The van der Waals surface area contributed by atoms with Crippen LogP contribution in [0, 0.1) is 0 Å². The molecule has 0 aliphatic heterocycles. The second-order valence-electron chi connectivity index (χ2n) is 7.13. The van der Waals surface area contributed by atoms with Gasteiger partial charge in [0.05, 0.1) is 5.54 Å². The Hall–Kier alpha value is -1.66. The normalized spacial score (nSPS) is 18.5. The summed E-state index contributed by atoms with van der Waals surface area (Å²) in [6.45, 7) is 9.28. The van der Waals surface area contributed by atoms with E-state index in [1.165, 1.54) is 6.42 Å². The molecule has 1 aliphatic carbocycles. The fourth-order valence-corrected chi connectivity index (χ4v) is 1.86. The molecule has 1 fully saturated rings. The Labute approximate surface area is 132 Å². The van der Waals surface area contributed by atoms with Crippen LogP contribution in [-0.2, 0) is 9.57 Å². The molecule has 22 heavy (non-hydrogen) atoms. The van der Waals surface area contributed by atoms with Gasteiger partial charge >= 0.3 is 6.16 Å². The summed E-state index contributed by atoms with van der Waals surface area (Å²) in [5.41, 5.74) is 4.67. The predicted molar refractivity (Wildman–Crippen MR) is 84.7 cm³/mol. The zero-order chi connectivity index (χ0) is 16.8. The van der Waals surface area contributed by atoms with Crippen LogP contribution in [0.1, 0.15) is 66.7 Å². The molecule has 126 valence electrons. The molecule has 0 atom stereocenters. The molecule has 1 saturated carbocycles. The van der Waals surface area contributed by atoms with Crippen molar-refractivity contribution in [2.24, 2.45) is 21.1 Å². The summed E-state index contributed by atoms with van der Waals surface area (Å²) < 4.78 is 5.19. The second kappa shape index (κ2) is 7.56. The van der Waals surface area contributed by atoms with Crippen molar-refractivity contribution in [3.63, 3.8) is 0 Å². The van der Waals surface area contributed by atoms with Gasteiger partial charge in [-0.15, -0.1) is 0 Å². The summed E-state index contributed by atoms with van der Waals surface area (Å²) in [4.78, 5) is 16.3. The number of oxime groups is 1. The van der Waals surface area contributed by atoms with E-state index in [2.05, 4.69) is 15.4 Å². The summed E-state index contributed by atoms with van der Waals surface area (Å²) in [5.74, 6) is 0.0705. The Kier molecular flexibility index (Phi) is 6.32. The first-order valence-electron chi connectivity index (χ1n) is 7.76. The lowest BCUT2D eigenvalue weighted by molar-refractivity contribution is 0.0121. The smallest absolute Gasteiger partial charge is 0.429 e. The topological polar surface area (TPSA) is 98.6 Å². The lowest BCUT2D eigenvalue weighted by Gasteiger charge is -2.21. The molecule has 0 heterocycles. The summed E-state index contributed by atoms with van der Waals surface area (Å²) in [6.07, 6.45) is 4.18. The number of amidine groups is 1. The van der Waals surface area contributed by atoms with Crippen LogP contribution in [0.15, 0.2) is 15.4 Å². The van der Waals surface area contributed by atoms with Gasteiger partial charge in [-0.05, 0) is 60.3 Å². The minimum Gasteiger partial charge on any atom is -0.429 e. The van der Waals surface area contributed by atoms with Crippen molar-refractivity contribution in [1.29, 1.82) is 0 Å². The van der Waals surface area contributed by atoms with Crippen molar-refractivity contribution in [3.8, 4) is 0 Å². The molecule has 1 rings (SSSR count). The summed E-state index contributed by atoms with van der Waals surface area (Å²) in [5, 5.41) is 11.9. The molecule has 0 unspecified atom stereocenters. The first kappa shape index (κ1) is 18.4. The number of nitrogens with two attached hydrogens (primary N) is 1. The molecule has 7 nitrogen and oxygen atoms in total. The molecule has 0 saturated heterocycles. The Balaban J connectivity index is 2.52. The molecule has 0 aromatic carbocycles. The van der Waals surface area contributed by atoms with E-state index in [0.717, 1.165) is 25.7 Å². The first-order valence-corrected chi connectivity index (χ1v) is 7.76. The van der Waals surface area contributed by atoms with Crippen LogP contribution < -0.4 is 5.73 Å². The zero-order valence-electron chi connectivity index (χ0n) is 14.3. The fourth-order valence-electron chi connectivity index (χ4n) is 1.86. The molecule has 0 bridgehead atoms. The maximum absolute atomic E-state index is 11.6. The van der Waals surface area contributed by atoms with Crippen LogP contribution in [0.3, 0.4) is 0 Å². The Morgan fingerprint density at radius 2 is 1.64 bits per heavy atom. The van der Waals surface area contributed by atoms with E-state index in [1.54, 1.807) is 13.8 Å². The number of rotatable bonds is 4. The van der Waals surface area contributed by atoms with Gasteiger partial charge in [0.25, 0.3) is 0 Å². The van der Waals surface area contributed by atoms with Crippen molar-refractivity contribution in [3.05, 3.63) is 0 Å². The highest BCUT2D eigenvalue weighted by atomic mass is 16.8. The number of carbonyl (C=O) groups is 1. The minimum atomic E-state index is -0.849. The van der Waals surface area contributed by atoms with Gasteiger partial charge in [-0.2, -0.15) is 10.2 Å². The summed E-state index contributed by atoms with van der Waals surface area (Å²) in [6, 6.07) is 0. The van der Waals surface area contributed by atoms with E-state index in [9.17, 15) is 4.79 Å². The third kappa shape index (κ3) is 6.87. The SMILES string of the molecule is CC(C)(C)N=NC(C)(C)C(N)=NOC(=O)OC1CCCCC1. The predicted octanol–water partition coefficient (Wildman–Crippen LogP) is 3.77. The maximum Gasteiger partial charge on any atom is 0.535 e. The van der Waals surface area contributed by atoms with Gasteiger partial charge in [-0.3, -0.25) is 4.84 Å². The molecule has 0 aromatic heterocycles. The lowest BCUT2D eigenvalue weighted by Crippen LogP contribution is -2.37. The van der Waals surface area contributed by atoms with Crippen LogP contribution in [0.4, 0.5) is 4.79 Å². The first-order chi connectivity index (χ1) is 10.1. The van der Waals surface area contributed by atoms with Crippen LogP contribution in [-0.4, -0.2) is 29.2 Å². The monoisotopic (exact) mass is 312 g/mol. The third-order valence-corrected chi connectivity index (χ3v) is 3.26. The maximum atomic E-state index is 11.6. The van der Waals surface area contributed by atoms with Gasteiger partial charge in [0.15, 0.2) is 5.84 Å². The highest BCUT2D eigenvalue weighted by Gasteiger charge is 2.25. The van der Waals surface area contributed by atoms with Crippen molar-refractivity contribution >= 4 is 12.0 Å². The van der Waals surface area contributed by atoms with Crippen molar-refractivity contribution in [2.75, 3.05) is 0 Å². The number of azo groups is 1. The van der Waals surface area contributed by atoms with Gasteiger partial charge in [-0.1, -0.05) is 11.6 Å².